The molecule has 2 fully saturated rings. The number of imide groups is 1. The Morgan fingerprint density at radius 2 is 1.94 bits per heavy atom. The molecule has 2 aromatic carbocycles. The Bertz CT molecular complexity index is 1190. The van der Waals surface area contributed by atoms with Crippen LogP contribution in [0, 0.1) is 5.82 Å². The largest absolute Gasteiger partial charge is 0.381 e. The van der Waals surface area contributed by atoms with Crippen LogP contribution in [0.5, 0.6) is 0 Å². The number of nitrogens with one attached hydrogen (secondary N) is 2. The molecule has 0 saturated carbocycles. The Hall–Kier alpha value is -3.24. The van der Waals surface area contributed by atoms with Crippen molar-refractivity contribution in [3.05, 3.63) is 64.5 Å². The van der Waals surface area contributed by atoms with Gasteiger partial charge in [-0.25, -0.2) is 4.39 Å². The number of hydrogen-bond donors (Lipinski definition) is 2. The minimum atomic E-state index is -1.59. The van der Waals surface area contributed by atoms with E-state index in [1.165, 1.54) is 4.90 Å². The summed E-state index contributed by atoms with van der Waals surface area (Å²) in [6.45, 7) is 4.09. The number of anilines is 1. The zero-order chi connectivity index (χ0) is 24.6. The van der Waals surface area contributed by atoms with E-state index >= 15 is 0 Å². The molecule has 2 aromatic rings. The van der Waals surface area contributed by atoms with Crippen LogP contribution >= 0.6 is 0 Å². The third-order valence-corrected chi connectivity index (χ3v) is 6.93. The molecule has 1 atom stereocenters. The van der Waals surface area contributed by atoms with Crippen LogP contribution in [0.1, 0.15) is 39.9 Å². The van der Waals surface area contributed by atoms with Crippen molar-refractivity contribution in [2.24, 2.45) is 0 Å². The van der Waals surface area contributed by atoms with Gasteiger partial charge in [-0.05, 0) is 30.2 Å². The Morgan fingerprint density at radius 3 is 2.69 bits per heavy atom. The van der Waals surface area contributed by atoms with Crippen LogP contribution in [0.2, 0.25) is 0 Å². The highest BCUT2D eigenvalue weighted by molar-refractivity contribution is 6.32. The first-order chi connectivity index (χ1) is 16.8. The van der Waals surface area contributed by atoms with Crippen LogP contribution in [-0.2, 0) is 34.0 Å². The number of piperidine rings is 1. The van der Waals surface area contributed by atoms with Crippen LogP contribution in [0.3, 0.4) is 0 Å². The average Bonchev–Trinajstić information content (AvgIpc) is 3.20. The normalized spacial score (nSPS) is 22.8. The number of carbonyl (C=O) groups is 3. The zero-order valence-corrected chi connectivity index (χ0v) is 19.3. The number of amides is 3. The molecule has 2 saturated heterocycles. The van der Waals surface area contributed by atoms with Gasteiger partial charge in [0, 0.05) is 61.5 Å². The van der Waals surface area contributed by atoms with Gasteiger partial charge in [-0.15, -0.1) is 0 Å². The highest BCUT2D eigenvalue weighted by Crippen LogP contribution is 2.36. The second-order valence-corrected chi connectivity index (χ2v) is 9.19. The summed E-state index contributed by atoms with van der Waals surface area (Å²) in [6, 6.07) is 10.5. The summed E-state index contributed by atoms with van der Waals surface area (Å²) >= 11 is 0. The van der Waals surface area contributed by atoms with Gasteiger partial charge in [-0.1, -0.05) is 18.2 Å². The number of nitrogens with zero attached hydrogens (tertiary/aromatic N) is 2. The molecule has 35 heavy (non-hydrogen) atoms. The summed E-state index contributed by atoms with van der Waals surface area (Å²) in [5.41, 5.74) is 1.62. The van der Waals surface area contributed by atoms with Gasteiger partial charge in [0.1, 0.15) is 13.7 Å². The SMILES string of the molecule is [B]C1(N2Cc3c(NCc4ccc(CN5CCOCC5)cc4F)cccc3C2=O)CCC(=O)NC1=O. The maximum absolute atomic E-state index is 14.8. The van der Waals surface area contributed by atoms with E-state index < -0.39 is 17.3 Å². The van der Waals surface area contributed by atoms with Crippen molar-refractivity contribution in [2.45, 2.75) is 37.9 Å². The number of ether oxygens (including phenoxy) is 1. The number of benzene rings is 2. The fourth-order valence-electron chi connectivity index (χ4n) is 4.83. The van der Waals surface area contributed by atoms with Gasteiger partial charge in [0.15, 0.2) is 0 Å². The Morgan fingerprint density at radius 1 is 1.14 bits per heavy atom. The maximum Gasteiger partial charge on any atom is 0.254 e. The first kappa shape index (κ1) is 23.5. The van der Waals surface area contributed by atoms with Crippen molar-refractivity contribution < 1.29 is 23.5 Å². The third-order valence-electron chi connectivity index (χ3n) is 6.93. The van der Waals surface area contributed by atoms with Crippen LogP contribution in [-0.4, -0.2) is 67.1 Å². The zero-order valence-electron chi connectivity index (χ0n) is 19.3. The predicted octanol–water partition coefficient (Wildman–Crippen LogP) is 1.53. The Kier molecular flexibility index (Phi) is 6.33. The molecule has 2 radical (unpaired) electrons. The third kappa shape index (κ3) is 4.55. The number of halogens is 1. The average molecular weight is 476 g/mol. The lowest BCUT2D eigenvalue weighted by molar-refractivity contribution is -0.138. The first-order valence-corrected chi connectivity index (χ1v) is 11.7. The molecule has 0 spiro atoms. The van der Waals surface area contributed by atoms with Crippen molar-refractivity contribution in [1.29, 1.82) is 0 Å². The lowest BCUT2D eigenvalue weighted by Crippen LogP contribution is -2.63. The molecule has 1 unspecified atom stereocenters. The predicted molar refractivity (Wildman–Crippen MR) is 127 cm³/mol. The number of morpholine rings is 1. The van der Waals surface area contributed by atoms with E-state index in [1.807, 2.05) is 12.1 Å². The fourth-order valence-corrected chi connectivity index (χ4v) is 4.83. The van der Waals surface area contributed by atoms with Crippen LogP contribution in [0.25, 0.3) is 0 Å². The van der Waals surface area contributed by atoms with Gasteiger partial charge >= 0.3 is 0 Å². The Balaban J connectivity index is 1.28. The number of hydrogen-bond acceptors (Lipinski definition) is 6. The van der Waals surface area contributed by atoms with Gasteiger partial charge < -0.3 is 15.0 Å². The van der Waals surface area contributed by atoms with E-state index in [-0.39, 0.29) is 37.7 Å². The monoisotopic (exact) mass is 476 g/mol. The van der Waals surface area contributed by atoms with Gasteiger partial charge in [0.2, 0.25) is 11.8 Å². The van der Waals surface area contributed by atoms with Crippen LogP contribution in [0.4, 0.5) is 10.1 Å². The van der Waals surface area contributed by atoms with Crippen LogP contribution < -0.4 is 10.6 Å². The molecule has 8 nitrogen and oxygen atoms in total. The van der Waals surface area contributed by atoms with Gasteiger partial charge in [0.25, 0.3) is 5.91 Å². The summed E-state index contributed by atoms with van der Waals surface area (Å²) in [5, 5.41) is 5.46. The van der Waals surface area contributed by atoms with Crippen molar-refractivity contribution in [3.8, 4) is 0 Å². The minimum Gasteiger partial charge on any atom is -0.381 e. The molecule has 3 aliphatic rings. The number of fused-ring (bicyclic) bond motifs is 1. The van der Waals surface area contributed by atoms with E-state index in [2.05, 4.69) is 15.5 Å². The molecule has 0 aliphatic carbocycles. The smallest absolute Gasteiger partial charge is 0.254 e. The topological polar surface area (TPSA) is 91.0 Å². The number of carbonyl (C=O) groups excluding carboxylic acids is 3. The molecule has 3 aliphatic heterocycles. The maximum atomic E-state index is 14.8. The molecule has 0 bridgehead atoms. The van der Waals surface area contributed by atoms with Crippen molar-refractivity contribution in [1.82, 2.24) is 15.1 Å². The second kappa shape index (κ2) is 9.43. The molecule has 3 amide bonds. The fraction of sp³-hybridized carbons (Fsp3) is 0.400. The van der Waals surface area contributed by atoms with Gasteiger partial charge in [0.05, 0.1) is 18.7 Å². The van der Waals surface area contributed by atoms with E-state index in [9.17, 15) is 18.8 Å². The number of rotatable bonds is 6. The van der Waals surface area contributed by atoms with E-state index in [0.29, 0.717) is 42.1 Å². The lowest BCUT2D eigenvalue weighted by atomic mass is 9.70. The van der Waals surface area contributed by atoms with E-state index in [1.54, 1.807) is 24.3 Å². The van der Waals surface area contributed by atoms with Crippen LogP contribution in [0.15, 0.2) is 36.4 Å². The molecular weight excluding hydrogens is 450 g/mol. The van der Waals surface area contributed by atoms with Crippen molar-refractivity contribution in [2.75, 3.05) is 31.6 Å². The molecule has 10 heteroatoms. The Labute approximate surface area is 204 Å². The quantitative estimate of drug-likeness (QED) is 0.486. The summed E-state index contributed by atoms with van der Waals surface area (Å²) in [5.74, 6) is -1.74. The lowest BCUT2D eigenvalue weighted by Gasteiger charge is -2.40. The highest BCUT2D eigenvalue weighted by atomic mass is 19.1. The molecule has 2 N–H and O–H groups in total. The summed E-state index contributed by atoms with van der Waals surface area (Å²) in [6.07, 6.45) is 0.121. The van der Waals surface area contributed by atoms with Gasteiger partial charge in [-0.2, -0.15) is 0 Å². The molecule has 0 aromatic heterocycles. The highest BCUT2D eigenvalue weighted by Gasteiger charge is 2.48. The standard InChI is InChI=1S/C25H26BFN4O4/c26-25(7-6-22(32)29-24(25)34)31-15-19-18(23(31)33)2-1-3-21(19)28-13-17-5-4-16(12-20(17)27)14-30-8-10-35-11-9-30/h1-5,12,28H,6-11,13-15H2,(H,29,32,34). The van der Waals surface area contributed by atoms with Crippen molar-refractivity contribution in [3.63, 3.8) is 0 Å². The van der Waals surface area contributed by atoms with Crippen molar-refractivity contribution >= 4 is 31.3 Å². The summed E-state index contributed by atoms with van der Waals surface area (Å²) in [7, 11) is 6.32. The minimum absolute atomic E-state index is 0.0577. The summed E-state index contributed by atoms with van der Waals surface area (Å²) in [4.78, 5) is 40.7. The molecule has 180 valence electrons. The first-order valence-electron chi connectivity index (χ1n) is 11.7. The molecular formula is C25H26BFN4O4. The molecule has 5 rings (SSSR count). The summed E-state index contributed by atoms with van der Waals surface area (Å²) < 4.78 is 20.2. The second-order valence-electron chi connectivity index (χ2n) is 9.19. The van der Waals surface area contributed by atoms with E-state index in [0.717, 1.165) is 18.7 Å². The molecule has 3 heterocycles. The van der Waals surface area contributed by atoms with Gasteiger partial charge in [-0.3, -0.25) is 24.6 Å². The van der Waals surface area contributed by atoms with E-state index in [4.69, 9.17) is 12.6 Å².